The third kappa shape index (κ3) is 3.74. The van der Waals surface area contributed by atoms with Gasteiger partial charge in [-0.1, -0.05) is 30.3 Å². The van der Waals surface area contributed by atoms with Crippen LogP contribution in [0.3, 0.4) is 0 Å². The molecule has 1 radical (unpaired) electrons. The van der Waals surface area contributed by atoms with Crippen molar-refractivity contribution in [3.05, 3.63) is 42.0 Å². The average Bonchev–Trinajstić information content (AvgIpc) is 2.27. The summed E-state index contributed by atoms with van der Waals surface area (Å²) in [5.41, 5.74) is 0.842. The zero-order valence-electron chi connectivity index (χ0n) is 7.96. The summed E-state index contributed by atoms with van der Waals surface area (Å²) in [7, 11) is 0. The molecule has 0 spiro atoms. The molecule has 0 heterocycles. The van der Waals surface area contributed by atoms with Gasteiger partial charge in [-0.05, 0) is 11.6 Å². The van der Waals surface area contributed by atoms with Crippen LogP contribution in [0.2, 0.25) is 0 Å². The fraction of sp³-hybridized carbons (Fsp3) is 0.0909. The molecule has 0 bridgehead atoms. The number of hydroxylamine groups is 2. The van der Waals surface area contributed by atoms with Gasteiger partial charge in [-0.2, -0.15) is 0 Å². The van der Waals surface area contributed by atoms with Gasteiger partial charge in [-0.25, -0.2) is 5.06 Å². The van der Waals surface area contributed by atoms with E-state index in [1.165, 1.54) is 12.4 Å². The van der Waals surface area contributed by atoms with Gasteiger partial charge in [0.15, 0.2) is 0 Å². The molecule has 0 saturated heterocycles. The van der Waals surface area contributed by atoms with Crippen LogP contribution in [0.5, 0.6) is 0 Å². The Morgan fingerprint density at radius 1 is 1.40 bits per heavy atom. The minimum Gasteiger partial charge on any atom is -0.289 e. The van der Waals surface area contributed by atoms with Gasteiger partial charge in [0, 0.05) is 6.08 Å². The summed E-state index contributed by atoms with van der Waals surface area (Å²) >= 11 is 0. The van der Waals surface area contributed by atoms with E-state index in [1.54, 1.807) is 6.08 Å². The van der Waals surface area contributed by atoms with E-state index in [-0.39, 0.29) is 0 Å². The molecule has 0 fully saturated rings. The molecule has 1 rings (SSSR count). The molecule has 0 saturated carbocycles. The van der Waals surface area contributed by atoms with Gasteiger partial charge < -0.3 is 0 Å². The van der Waals surface area contributed by atoms with Crippen LogP contribution in [0, 0.1) is 0 Å². The van der Waals surface area contributed by atoms with E-state index in [9.17, 15) is 9.59 Å². The van der Waals surface area contributed by atoms with Crippen molar-refractivity contribution in [2.75, 3.05) is 6.54 Å². The summed E-state index contributed by atoms with van der Waals surface area (Å²) in [5, 5.41) is 9.26. The third-order valence-electron chi connectivity index (χ3n) is 1.69. The Labute approximate surface area is 87.4 Å². The largest absolute Gasteiger partial charge is 0.289 e. The molecule has 0 atom stereocenters. The predicted molar refractivity (Wildman–Crippen MR) is 54.7 cm³/mol. The fourth-order valence-corrected chi connectivity index (χ4v) is 0.957. The second kappa shape index (κ2) is 5.72. The van der Waals surface area contributed by atoms with Crippen molar-refractivity contribution in [2.24, 2.45) is 0 Å². The number of nitrogens with zero attached hydrogens (tertiary/aromatic N) is 1. The SMILES string of the molecule is O=[C]CN(O)C(=O)C=Cc1ccccc1. The van der Waals surface area contributed by atoms with E-state index in [0.29, 0.717) is 5.06 Å². The summed E-state index contributed by atoms with van der Waals surface area (Å²) in [4.78, 5) is 21.0. The third-order valence-corrected chi connectivity index (χ3v) is 1.69. The van der Waals surface area contributed by atoms with Crippen LogP contribution in [0.4, 0.5) is 0 Å². The normalized spacial score (nSPS) is 10.2. The smallest absolute Gasteiger partial charge is 0.270 e. The maximum Gasteiger partial charge on any atom is 0.270 e. The molecule has 4 nitrogen and oxygen atoms in total. The van der Waals surface area contributed by atoms with Crippen LogP contribution in [0.15, 0.2) is 36.4 Å². The maximum atomic E-state index is 11.1. The first kappa shape index (κ1) is 11.1. The molecule has 0 aliphatic heterocycles. The first-order valence-corrected chi connectivity index (χ1v) is 4.32. The fourth-order valence-electron chi connectivity index (χ4n) is 0.957. The first-order valence-electron chi connectivity index (χ1n) is 4.32. The monoisotopic (exact) mass is 204 g/mol. The highest BCUT2D eigenvalue weighted by Gasteiger charge is 2.05. The number of carbonyl (C=O) groups excluding carboxylic acids is 2. The molecule has 0 unspecified atom stereocenters. The molecule has 1 amide bonds. The van der Waals surface area contributed by atoms with Crippen molar-refractivity contribution in [3.63, 3.8) is 0 Å². The van der Waals surface area contributed by atoms with Crippen molar-refractivity contribution >= 4 is 18.3 Å². The summed E-state index contributed by atoms with van der Waals surface area (Å²) in [6, 6.07) is 9.16. The Kier molecular flexibility index (Phi) is 4.25. The average molecular weight is 204 g/mol. The van der Waals surface area contributed by atoms with Crippen LogP contribution in [-0.4, -0.2) is 29.0 Å². The predicted octanol–water partition coefficient (Wildman–Crippen LogP) is 1.03. The quantitative estimate of drug-likeness (QED) is 0.452. The van der Waals surface area contributed by atoms with Crippen LogP contribution in [0.25, 0.3) is 6.08 Å². The lowest BCUT2D eigenvalue weighted by Gasteiger charge is -2.06. The molecule has 1 N–H and O–H groups in total. The first-order chi connectivity index (χ1) is 7.24. The van der Waals surface area contributed by atoms with Gasteiger partial charge in [0.2, 0.25) is 6.29 Å². The van der Waals surface area contributed by atoms with E-state index < -0.39 is 12.5 Å². The molecule has 4 heteroatoms. The number of hydrogen-bond donors (Lipinski definition) is 1. The Morgan fingerprint density at radius 2 is 2.07 bits per heavy atom. The van der Waals surface area contributed by atoms with E-state index in [0.717, 1.165) is 5.56 Å². The van der Waals surface area contributed by atoms with Crippen LogP contribution < -0.4 is 0 Å². The van der Waals surface area contributed by atoms with Crippen molar-refractivity contribution in [1.82, 2.24) is 5.06 Å². The Balaban J connectivity index is 2.58. The van der Waals surface area contributed by atoms with Gasteiger partial charge in [-0.15, -0.1) is 0 Å². The zero-order valence-corrected chi connectivity index (χ0v) is 7.96. The van der Waals surface area contributed by atoms with Crippen LogP contribution in [0.1, 0.15) is 5.56 Å². The molecular formula is C11H10NO3. The standard InChI is InChI=1S/C11H10NO3/c13-9-8-12(15)11(14)7-6-10-4-2-1-3-5-10/h1-7,15H,8H2. The zero-order chi connectivity index (χ0) is 11.1. The number of hydrogen-bond acceptors (Lipinski definition) is 3. The topological polar surface area (TPSA) is 57.6 Å². The molecule has 0 aliphatic rings. The number of benzene rings is 1. The Morgan fingerprint density at radius 3 is 2.67 bits per heavy atom. The molecule has 0 aliphatic carbocycles. The van der Waals surface area contributed by atoms with Crippen molar-refractivity contribution in [1.29, 1.82) is 0 Å². The summed E-state index contributed by atoms with van der Waals surface area (Å²) in [5.74, 6) is -0.651. The molecule has 1 aromatic rings. The molecule has 0 aromatic heterocycles. The highest BCUT2D eigenvalue weighted by atomic mass is 16.5. The summed E-state index contributed by atoms with van der Waals surface area (Å²) in [6.07, 6.45) is 4.16. The van der Waals surface area contributed by atoms with E-state index >= 15 is 0 Å². The summed E-state index contributed by atoms with van der Waals surface area (Å²) in [6.45, 7) is -0.446. The highest BCUT2D eigenvalue weighted by Crippen LogP contribution is 2.01. The van der Waals surface area contributed by atoms with Gasteiger partial charge in [0.1, 0.15) is 6.54 Å². The number of rotatable bonds is 4. The van der Waals surface area contributed by atoms with Gasteiger partial charge >= 0.3 is 0 Å². The van der Waals surface area contributed by atoms with Gasteiger partial charge in [0.05, 0.1) is 0 Å². The van der Waals surface area contributed by atoms with E-state index in [1.807, 2.05) is 30.3 Å². The van der Waals surface area contributed by atoms with Gasteiger partial charge in [-0.3, -0.25) is 14.8 Å². The molecule has 77 valence electrons. The van der Waals surface area contributed by atoms with E-state index in [2.05, 4.69) is 0 Å². The highest BCUT2D eigenvalue weighted by molar-refractivity contribution is 5.91. The summed E-state index contributed by atoms with van der Waals surface area (Å²) < 4.78 is 0. The Bertz CT molecular complexity index is 359. The van der Waals surface area contributed by atoms with Crippen LogP contribution in [-0.2, 0) is 9.59 Å². The van der Waals surface area contributed by atoms with Gasteiger partial charge in [0.25, 0.3) is 5.91 Å². The lowest BCUT2D eigenvalue weighted by atomic mass is 10.2. The Hall–Kier alpha value is -1.94. The minimum absolute atomic E-state index is 0.298. The lowest BCUT2D eigenvalue weighted by molar-refractivity contribution is -0.155. The minimum atomic E-state index is -0.651. The second-order valence-electron chi connectivity index (χ2n) is 2.78. The molecule has 15 heavy (non-hydrogen) atoms. The van der Waals surface area contributed by atoms with Crippen molar-refractivity contribution in [3.8, 4) is 0 Å². The number of amides is 1. The van der Waals surface area contributed by atoms with Crippen molar-refractivity contribution < 1.29 is 14.8 Å². The maximum absolute atomic E-state index is 11.1. The number of carbonyl (C=O) groups is 1. The van der Waals surface area contributed by atoms with E-state index in [4.69, 9.17) is 5.21 Å². The van der Waals surface area contributed by atoms with Crippen LogP contribution >= 0.6 is 0 Å². The second-order valence-corrected chi connectivity index (χ2v) is 2.78. The lowest BCUT2D eigenvalue weighted by Crippen LogP contribution is -2.27. The van der Waals surface area contributed by atoms with Crippen molar-refractivity contribution in [2.45, 2.75) is 0 Å². The molecular weight excluding hydrogens is 194 g/mol. The molecule has 1 aromatic carbocycles.